The maximum absolute atomic E-state index is 12.7. The van der Waals surface area contributed by atoms with Gasteiger partial charge >= 0.3 is 0 Å². The smallest absolute Gasteiger partial charge is 0.191 e. The summed E-state index contributed by atoms with van der Waals surface area (Å²) < 4.78 is 12.5. The van der Waals surface area contributed by atoms with Crippen molar-refractivity contribution in [1.29, 1.82) is 0 Å². The van der Waals surface area contributed by atoms with Crippen LogP contribution in [0.5, 0.6) is 11.5 Å². The summed E-state index contributed by atoms with van der Waals surface area (Å²) in [6, 6.07) is 5.71. The summed E-state index contributed by atoms with van der Waals surface area (Å²) >= 11 is 1.44. The second-order valence-corrected chi connectivity index (χ2v) is 6.75. The highest BCUT2D eigenvalue weighted by molar-refractivity contribution is 8.00. The molecule has 0 unspecified atom stereocenters. The molecule has 0 saturated heterocycles. The van der Waals surface area contributed by atoms with Crippen LogP contribution in [0.4, 0.5) is 0 Å². The summed E-state index contributed by atoms with van der Waals surface area (Å²) in [5.74, 6) is 1.19. The Hall–Kier alpha value is -2.02. The number of benzene rings is 1. The Morgan fingerprint density at radius 3 is 2.70 bits per heavy atom. The number of ether oxygens (including phenoxy) is 2. The Labute approximate surface area is 139 Å². The number of aromatic nitrogens is 3. The highest BCUT2D eigenvalue weighted by Gasteiger charge is 2.28. The van der Waals surface area contributed by atoms with Crippen LogP contribution in [0.1, 0.15) is 36.2 Å². The minimum Gasteiger partial charge on any atom is -0.493 e. The molecule has 3 rings (SSSR count). The van der Waals surface area contributed by atoms with Gasteiger partial charge in [0.1, 0.15) is 6.33 Å². The number of methoxy groups -OCH3 is 2. The fourth-order valence-corrected chi connectivity index (χ4v) is 3.33. The fraction of sp³-hybridized carbons (Fsp3) is 0.438. The van der Waals surface area contributed by atoms with E-state index in [0.29, 0.717) is 23.1 Å². The van der Waals surface area contributed by atoms with E-state index in [4.69, 9.17) is 9.47 Å². The number of carbonyl (C=O) groups is 1. The lowest BCUT2D eigenvalue weighted by Gasteiger charge is -2.13. The van der Waals surface area contributed by atoms with E-state index in [0.717, 1.165) is 18.0 Å². The molecule has 1 saturated carbocycles. The van der Waals surface area contributed by atoms with Crippen LogP contribution in [0, 0.1) is 0 Å². The number of rotatable bonds is 7. The molecule has 1 aromatic carbocycles. The van der Waals surface area contributed by atoms with Gasteiger partial charge in [-0.2, -0.15) is 0 Å². The van der Waals surface area contributed by atoms with Gasteiger partial charge in [0, 0.05) is 11.6 Å². The lowest BCUT2D eigenvalue weighted by molar-refractivity contribution is 0.0993. The minimum absolute atomic E-state index is 0.0290. The van der Waals surface area contributed by atoms with Crippen molar-refractivity contribution in [3.63, 3.8) is 0 Å². The molecule has 1 atom stereocenters. The molecule has 1 heterocycles. The van der Waals surface area contributed by atoms with Crippen molar-refractivity contribution in [3.8, 4) is 11.5 Å². The summed E-state index contributed by atoms with van der Waals surface area (Å²) in [6.07, 6.45) is 4.06. The third kappa shape index (κ3) is 3.34. The van der Waals surface area contributed by atoms with Gasteiger partial charge in [0.2, 0.25) is 0 Å². The zero-order chi connectivity index (χ0) is 16.4. The molecule has 0 amide bonds. The van der Waals surface area contributed by atoms with Crippen molar-refractivity contribution in [1.82, 2.24) is 14.8 Å². The first kappa shape index (κ1) is 15.9. The molecule has 23 heavy (non-hydrogen) atoms. The third-order valence-corrected chi connectivity index (χ3v) is 4.87. The Morgan fingerprint density at radius 1 is 1.30 bits per heavy atom. The average molecular weight is 333 g/mol. The second-order valence-electron chi connectivity index (χ2n) is 5.45. The van der Waals surface area contributed by atoms with Crippen LogP contribution < -0.4 is 9.47 Å². The van der Waals surface area contributed by atoms with E-state index in [2.05, 4.69) is 14.8 Å². The molecule has 122 valence electrons. The first-order valence-corrected chi connectivity index (χ1v) is 8.34. The van der Waals surface area contributed by atoms with Gasteiger partial charge in [-0.1, -0.05) is 11.8 Å². The largest absolute Gasteiger partial charge is 0.493 e. The molecule has 1 aliphatic carbocycles. The summed E-state index contributed by atoms with van der Waals surface area (Å²) in [6.45, 7) is 1.88. The van der Waals surface area contributed by atoms with E-state index in [-0.39, 0.29) is 11.0 Å². The van der Waals surface area contributed by atoms with Gasteiger partial charge in [0.25, 0.3) is 0 Å². The number of hydrogen-bond acceptors (Lipinski definition) is 6. The van der Waals surface area contributed by atoms with Crippen molar-refractivity contribution in [2.45, 2.75) is 36.2 Å². The number of thioether (sulfide) groups is 1. The third-order valence-electron chi connectivity index (χ3n) is 3.80. The number of nitrogens with zero attached hydrogens (tertiary/aromatic N) is 3. The molecule has 0 bridgehead atoms. The van der Waals surface area contributed by atoms with Crippen LogP contribution in [-0.2, 0) is 0 Å². The molecule has 1 aliphatic rings. The normalized spacial score (nSPS) is 15.3. The van der Waals surface area contributed by atoms with Crippen LogP contribution >= 0.6 is 11.8 Å². The maximum atomic E-state index is 12.7. The zero-order valence-electron chi connectivity index (χ0n) is 13.4. The molecule has 0 N–H and O–H groups in total. The fourth-order valence-electron chi connectivity index (χ4n) is 2.36. The van der Waals surface area contributed by atoms with Crippen molar-refractivity contribution in [2.75, 3.05) is 14.2 Å². The number of carbonyl (C=O) groups excluding carboxylic acids is 1. The van der Waals surface area contributed by atoms with Crippen LogP contribution in [0.15, 0.2) is 29.7 Å². The number of Topliss-reactive ketones (excluding diaryl/α,β-unsaturated/α-hetero) is 1. The Bertz CT molecular complexity index is 712. The molecule has 0 radical (unpaired) electrons. The molecule has 7 heteroatoms. The van der Waals surface area contributed by atoms with E-state index in [1.807, 2.05) is 6.92 Å². The predicted octanol–water partition coefficient (Wildman–Crippen LogP) is 2.99. The summed E-state index contributed by atoms with van der Waals surface area (Å²) in [7, 11) is 3.13. The summed E-state index contributed by atoms with van der Waals surface area (Å²) in [5, 5.41) is 8.64. The zero-order valence-corrected chi connectivity index (χ0v) is 14.2. The van der Waals surface area contributed by atoms with Gasteiger partial charge in [0.05, 0.1) is 19.5 Å². The van der Waals surface area contributed by atoms with E-state index in [1.165, 1.54) is 11.8 Å². The van der Waals surface area contributed by atoms with Gasteiger partial charge < -0.3 is 14.0 Å². The van der Waals surface area contributed by atoms with Gasteiger partial charge in [-0.15, -0.1) is 10.2 Å². The van der Waals surface area contributed by atoms with Crippen molar-refractivity contribution < 1.29 is 14.3 Å². The Morgan fingerprint density at radius 2 is 2.04 bits per heavy atom. The van der Waals surface area contributed by atoms with Crippen LogP contribution in [0.2, 0.25) is 0 Å². The lowest BCUT2D eigenvalue weighted by atomic mass is 10.1. The van der Waals surface area contributed by atoms with Gasteiger partial charge in [-0.3, -0.25) is 4.79 Å². The molecule has 0 aliphatic heterocycles. The van der Waals surface area contributed by atoms with Crippen molar-refractivity contribution in [2.24, 2.45) is 0 Å². The van der Waals surface area contributed by atoms with E-state index >= 15 is 0 Å². The molecule has 1 fully saturated rings. The van der Waals surface area contributed by atoms with Gasteiger partial charge in [-0.05, 0) is 38.0 Å². The molecule has 2 aromatic rings. The standard InChI is InChI=1S/C16H19N3O3S/c1-10(23-16-18-17-9-19(16)12-5-6-12)15(20)11-4-7-13(21-2)14(8-11)22-3/h4,7-10,12H,5-6H2,1-3H3/t10-/m0/s1. The van der Waals surface area contributed by atoms with E-state index in [1.54, 1.807) is 38.7 Å². The summed E-state index contributed by atoms with van der Waals surface area (Å²) in [4.78, 5) is 12.7. The average Bonchev–Trinajstić information content (AvgIpc) is 3.33. The minimum atomic E-state index is -0.255. The predicted molar refractivity (Wildman–Crippen MR) is 87.5 cm³/mol. The van der Waals surface area contributed by atoms with Crippen LogP contribution in [0.25, 0.3) is 0 Å². The van der Waals surface area contributed by atoms with Crippen molar-refractivity contribution >= 4 is 17.5 Å². The van der Waals surface area contributed by atoms with Gasteiger partial charge in [-0.25, -0.2) is 0 Å². The topological polar surface area (TPSA) is 66.2 Å². The number of ketones is 1. The molecule has 0 spiro atoms. The monoisotopic (exact) mass is 333 g/mol. The van der Waals surface area contributed by atoms with Crippen LogP contribution in [-0.4, -0.2) is 40.0 Å². The Balaban J connectivity index is 1.75. The summed E-state index contributed by atoms with van der Waals surface area (Å²) in [5.41, 5.74) is 0.597. The Kier molecular flexibility index (Phi) is 4.56. The highest BCUT2D eigenvalue weighted by atomic mass is 32.2. The molecular weight excluding hydrogens is 314 g/mol. The molecular formula is C16H19N3O3S. The first-order valence-electron chi connectivity index (χ1n) is 7.46. The second kappa shape index (κ2) is 6.62. The maximum Gasteiger partial charge on any atom is 0.191 e. The quantitative estimate of drug-likeness (QED) is 0.573. The highest BCUT2D eigenvalue weighted by Crippen LogP contribution is 2.38. The molecule has 1 aromatic heterocycles. The first-order chi connectivity index (χ1) is 11.1. The van der Waals surface area contributed by atoms with E-state index in [9.17, 15) is 4.79 Å². The van der Waals surface area contributed by atoms with Crippen LogP contribution in [0.3, 0.4) is 0 Å². The van der Waals surface area contributed by atoms with Crippen molar-refractivity contribution in [3.05, 3.63) is 30.1 Å². The van der Waals surface area contributed by atoms with E-state index < -0.39 is 0 Å². The number of hydrogen-bond donors (Lipinski definition) is 0. The molecule has 6 nitrogen and oxygen atoms in total. The lowest BCUT2D eigenvalue weighted by Crippen LogP contribution is -2.14. The van der Waals surface area contributed by atoms with Gasteiger partial charge in [0.15, 0.2) is 22.4 Å². The SMILES string of the molecule is COc1ccc(C(=O)[C@H](C)Sc2nncn2C2CC2)cc1OC.